The van der Waals surface area contributed by atoms with Gasteiger partial charge >= 0.3 is 0 Å². The highest BCUT2D eigenvalue weighted by atomic mass is 35.5. The van der Waals surface area contributed by atoms with Crippen molar-refractivity contribution in [3.63, 3.8) is 0 Å². The minimum absolute atomic E-state index is 0.151. The van der Waals surface area contributed by atoms with Gasteiger partial charge < -0.3 is 10.1 Å². The van der Waals surface area contributed by atoms with Gasteiger partial charge in [0.25, 0.3) is 5.91 Å². The van der Waals surface area contributed by atoms with E-state index in [-0.39, 0.29) is 5.91 Å². The second-order valence-corrected chi connectivity index (χ2v) is 5.76. The van der Waals surface area contributed by atoms with Gasteiger partial charge in [0.1, 0.15) is 5.69 Å². The van der Waals surface area contributed by atoms with Crippen molar-refractivity contribution in [2.24, 2.45) is 5.92 Å². The Morgan fingerprint density at radius 2 is 2.24 bits per heavy atom. The van der Waals surface area contributed by atoms with Crippen LogP contribution in [0.4, 0.5) is 0 Å². The topological polar surface area (TPSA) is 51.2 Å². The molecule has 3 rings (SSSR count). The summed E-state index contributed by atoms with van der Waals surface area (Å²) in [5, 5.41) is 4.52. The van der Waals surface area contributed by atoms with Crippen LogP contribution in [0.3, 0.4) is 0 Å². The summed E-state index contributed by atoms with van der Waals surface area (Å²) in [7, 11) is 0. The molecule has 1 saturated heterocycles. The van der Waals surface area contributed by atoms with E-state index >= 15 is 0 Å². The normalized spacial score (nSPS) is 18.6. The average Bonchev–Trinajstić information content (AvgIpc) is 2.53. The molecule has 5 heteroatoms. The third-order valence-corrected chi connectivity index (χ3v) is 3.93. The Hall–Kier alpha value is -1.65. The number of nitrogens with one attached hydrogen (secondary N) is 1. The standard InChI is InChI=1S/C16H17ClN2O2/c17-13-5-3-12-4-6-14(19-15(12)8-13)16(20)18-9-11-2-1-7-21-10-11/h3-6,8,11H,1-2,7,9-10H2,(H,18,20). The number of rotatable bonds is 3. The fraction of sp³-hybridized carbons (Fsp3) is 0.375. The first-order chi connectivity index (χ1) is 10.2. The zero-order chi connectivity index (χ0) is 14.7. The SMILES string of the molecule is O=C(NCC1CCCOC1)c1ccc2ccc(Cl)cc2n1. The zero-order valence-electron chi connectivity index (χ0n) is 11.6. The Morgan fingerprint density at radius 1 is 1.38 bits per heavy atom. The molecule has 21 heavy (non-hydrogen) atoms. The highest BCUT2D eigenvalue weighted by Gasteiger charge is 2.16. The van der Waals surface area contributed by atoms with Crippen molar-refractivity contribution in [3.05, 3.63) is 41.0 Å². The van der Waals surface area contributed by atoms with E-state index in [0.29, 0.717) is 23.2 Å². The Balaban J connectivity index is 1.68. The molecule has 1 aromatic heterocycles. The summed E-state index contributed by atoms with van der Waals surface area (Å²) in [5.74, 6) is 0.250. The fourth-order valence-corrected chi connectivity index (χ4v) is 2.68. The van der Waals surface area contributed by atoms with E-state index in [2.05, 4.69) is 10.3 Å². The number of benzene rings is 1. The summed E-state index contributed by atoms with van der Waals surface area (Å²) in [6.45, 7) is 2.19. The van der Waals surface area contributed by atoms with E-state index in [1.807, 2.05) is 18.2 Å². The molecule has 1 fully saturated rings. The number of fused-ring (bicyclic) bond motifs is 1. The van der Waals surface area contributed by atoms with E-state index in [9.17, 15) is 4.79 Å². The molecule has 110 valence electrons. The van der Waals surface area contributed by atoms with Gasteiger partial charge in [0, 0.05) is 23.6 Å². The lowest BCUT2D eigenvalue weighted by Crippen LogP contribution is -2.33. The van der Waals surface area contributed by atoms with E-state index in [1.165, 1.54) is 0 Å². The highest BCUT2D eigenvalue weighted by molar-refractivity contribution is 6.31. The number of pyridine rings is 1. The van der Waals surface area contributed by atoms with Gasteiger partial charge in [-0.15, -0.1) is 0 Å². The van der Waals surface area contributed by atoms with Crippen molar-refractivity contribution < 1.29 is 9.53 Å². The molecule has 0 saturated carbocycles. The summed E-state index contributed by atoms with van der Waals surface area (Å²) >= 11 is 5.96. The van der Waals surface area contributed by atoms with E-state index in [0.717, 1.165) is 37.0 Å². The Labute approximate surface area is 128 Å². The lowest BCUT2D eigenvalue weighted by atomic mass is 10.0. The molecule has 2 heterocycles. The average molecular weight is 305 g/mol. The molecule has 2 aromatic rings. The number of nitrogens with zero attached hydrogens (tertiary/aromatic N) is 1. The smallest absolute Gasteiger partial charge is 0.269 e. The number of carbonyl (C=O) groups is 1. The van der Waals surface area contributed by atoms with Crippen LogP contribution >= 0.6 is 11.6 Å². The van der Waals surface area contributed by atoms with Gasteiger partial charge in [-0.2, -0.15) is 0 Å². The Kier molecular flexibility index (Phi) is 4.36. The number of carbonyl (C=O) groups excluding carboxylic acids is 1. The molecule has 0 bridgehead atoms. The van der Waals surface area contributed by atoms with Crippen LogP contribution in [-0.2, 0) is 4.74 Å². The molecule has 1 aliphatic heterocycles. The molecule has 0 radical (unpaired) electrons. The van der Waals surface area contributed by atoms with Crippen LogP contribution in [0.25, 0.3) is 10.9 Å². The molecule has 1 aliphatic rings. The van der Waals surface area contributed by atoms with E-state index < -0.39 is 0 Å². The summed E-state index contributed by atoms with van der Waals surface area (Å²) in [6.07, 6.45) is 2.16. The van der Waals surface area contributed by atoms with Gasteiger partial charge in [0.15, 0.2) is 0 Å². The first kappa shape index (κ1) is 14.3. The molecular weight excluding hydrogens is 288 g/mol. The largest absolute Gasteiger partial charge is 0.381 e. The van der Waals surface area contributed by atoms with E-state index in [1.54, 1.807) is 12.1 Å². The zero-order valence-corrected chi connectivity index (χ0v) is 12.4. The van der Waals surface area contributed by atoms with Crippen molar-refractivity contribution >= 4 is 28.4 Å². The predicted octanol–water partition coefficient (Wildman–Crippen LogP) is 3.04. The number of aromatic nitrogens is 1. The maximum Gasteiger partial charge on any atom is 0.269 e. The molecule has 1 amide bonds. The summed E-state index contributed by atoms with van der Waals surface area (Å²) in [5.41, 5.74) is 1.15. The van der Waals surface area contributed by atoms with Gasteiger partial charge in [-0.1, -0.05) is 23.7 Å². The first-order valence-corrected chi connectivity index (χ1v) is 7.52. The minimum atomic E-state index is -0.151. The molecule has 4 nitrogen and oxygen atoms in total. The van der Waals surface area contributed by atoms with Crippen molar-refractivity contribution in [3.8, 4) is 0 Å². The van der Waals surface area contributed by atoms with Crippen LogP contribution in [0, 0.1) is 5.92 Å². The molecule has 0 aliphatic carbocycles. The van der Waals surface area contributed by atoms with Crippen LogP contribution in [0.1, 0.15) is 23.3 Å². The number of hydrogen-bond acceptors (Lipinski definition) is 3. The maximum atomic E-state index is 12.2. The lowest BCUT2D eigenvalue weighted by molar-refractivity contribution is 0.0536. The number of amides is 1. The highest BCUT2D eigenvalue weighted by Crippen LogP contribution is 2.18. The predicted molar refractivity (Wildman–Crippen MR) is 82.6 cm³/mol. The van der Waals surface area contributed by atoms with Gasteiger partial charge in [-0.05, 0) is 37.0 Å². The fourth-order valence-electron chi connectivity index (χ4n) is 2.51. The minimum Gasteiger partial charge on any atom is -0.381 e. The van der Waals surface area contributed by atoms with Gasteiger partial charge in [0.2, 0.25) is 0 Å². The summed E-state index contributed by atoms with van der Waals surface area (Å²) < 4.78 is 5.41. The Bertz CT molecular complexity index is 654. The number of halogens is 1. The second kappa shape index (κ2) is 6.41. The monoisotopic (exact) mass is 304 g/mol. The number of hydrogen-bond donors (Lipinski definition) is 1. The van der Waals surface area contributed by atoms with Gasteiger partial charge in [0.05, 0.1) is 12.1 Å². The molecule has 1 atom stereocenters. The molecule has 1 aromatic carbocycles. The third-order valence-electron chi connectivity index (χ3n) is 3.69. The van der Waals surface area contributed by atoms with Crippen LogP contribution in [-0.4, -0.2) is 30.6 Å². The molecule has 0 spiro atoms. The van der Waals surface area contributed by atoms with Crippen LogP contribution in [0.15, 0.2) is 30.3 Å². The van der Waals surface area contributed by atoms with Crippen molar-refractivity contribution in [2.75, 3.05) is 19.8 Å². The molecular formula is C16H17ClN2O2. The van der Waals surface area contributed by atoms with Crippen molar-refractivity contribution in [1.82, 2.24) is 10.3 Å². The third kappa shape index (κ3) is 3.52. The van der Waals surface area contributed by atoms with Gasteiger partial charge in [-0.3, -0.25) is 4.79 Å². The summed E-state index contributed by atoms with van der Waals surface area (Å²) in [4.78, 5) is 16.5. The van der Waals surface area contributed by atoms with Crippen molar-refractivity contribution in [2.45, 2.75) is 12.8 Å². The van der Waals surface area contributed by atoms with Crippen LogP contribution in [0.2, 0.25) is 5.02 Å². The van der Waals surface area contributed by atoms with Crippen molar-refractivity contribution in [1.29, 1.82) is 0 Å². The maximum absolute atomic E-state index is 12.2. The molecule has 1 unspecified atom stereocenters. The quantitative estimate of drug-likeness (QED) is 0.948. The van der Waals surface area contributed by atoms with E-state index in [4.69, 9.17) is 16.3 Å². The molecule has 1 N–H and O–H groups in total. The number of ether oxygens (including phenoxy) is 1. The first-order valence-electron chi connectivity index (χ1n) is 7.14. The second-order valence-electron chi connectivity index (χ2n) is 5.33. The van der Waals surface area contributed by atoms with Gasteiger partial charge in [-0.25, -0.2) is 4.98 Å². The lowest BCUT2D eigenvalue weighted by Gasteiger charge is -2.22. The Morgan fingerprint density at radius 3 is 3.05 bits per heavy atom. The van der Waals surface area contributed by atoms with Crippen LogP contribution in [0.5, 0.6) is 0 Å². The summed E-state index contributed by atoms with van der Waals surface area (Å²) in [6, 6.07) is 9.10. The van der Waals surface area contributed by atoms with Crippen LogP contribution < -0.4 is 5.32 Å².